The standard InChI is InChI=1S/C31H49NO7/c1-9-21(2)24(18-28(34)39-31(4,5)6)26(36-7)19-27(33)32-17-13-16-25(32)29(37-8)22(3)30(35)38-20-23-14-11-10-12-15-23/h10-12,14-15,21-22,24-26,29H,9,13,16-20H2,1-8H3/t21-,22+,24-,25-,26+,29+/m0/s1. The molecule has 1 fully saturated rings. The fourth-order valence-corrected chi connectivity index (χ4v) is 5.41. The Morgan fingerprint density at radius 1 is 1.03 bits per heavy atom. The Hall–Kier alpha value is -2.45. The Bertz CT molecular complexity index is 913. The number of rotatable bonds is 14. The van der Waals surface area contributed by atoms with E-state index < -0.39 is 23.7 Å². The molecule has 0 saturated carbocycles. The van der Waals surface area contributed by atoms with Gasteiger partial charge in [0.05, 0.1) is 37.0 Å². The molecule has 0 bridgehead atoms. The summed E-state index contributed by atoms with van der Waals surface area (Å²) in [5.74, 6) is -1.25. The van der Waals surface area contributed by atoms with Gasteiger partial charge in [0.1, 0.15) is 12.2 Å². The van der Waals surface area contributed by atoms with Gasteiger partial charge in [0, 0.05) is 20.8 Å². The zero-order valence-corrected chi connectivity index (χ0v) is 25.1. The van der Waals surface area contributed by atoms with Crippen LogP contribution in [0.2, 0.25) is 0 Å². The topological polar surface area (TPSA) is 91.4 Å². The van der Waals surface area contributed by atoms with Crippen LogP contribution < -0.4 is 0 Å². The van der Waals surface area contributed by atoms with Crippen LogP contribution in [0.4, 0.5) is 0 Å². The second-order valence-corrected chi connectivity index (χ2v) is 11.7. The van der Waals surface area contributed by atoms with Crippen molar-refractivity contribution in [3.05, 3.63) is 35.9 Å². The molecule has 8 nitrogen and oxygen atoms in total. The second-order valence-electron chi connectivity index (χ2n) is 11.7. The first kappa shape index (κ1) is 32.8. The van der Waals surface area contributed by atoms with Crippen molar-refractivity contribution in [3.8, 4) is 0 Å². The van der Waals surface area contributed by atoms with Gasteiger partial charge < -0.3 is 23.8 Å². The van der Waals surface area contributed by atoms with Crippen LogP contribution in [0, 0.1) is 17.8 Å². The molecule has 1 aliphatic rings. The van der Waals surface area contributed by atoms with E-state index in [1.54, 1.807) is 21.1 Å². The Morgan fingerprint density at radius 2 is 1.69 bits per heavy atom. The van der Waals surface area contributed by atoms with E-state index in [4.69, 9.17) is 18.9 Å². The Labute approximate surface area is 234 Å². The number of benzene rings is 1. The molecule has 1 heterocycles. The van der Waals surface area contributed by atoms with Crippen LogP contribution >= 0.6 is 0 Å². The molecule has 0 unspecified atom stereocenters. The van der Waals surface area contributed by atoms with Gasteiger partial charge in [-0.2, -0.15) is 0 Å². The quantitative estimate of drug-likeness (QED) is 0.297. The number of ether oxygens (including phenoxy) is 4. The van der Waals surface area contributed by atoms with Crippen LogP contribution in [-0.2, 0) is 39.9 Å². The lowest BCUT2D eigenvalue weighted by atomic mass is 9.82. The molecule has 0 aliphatic carbocycles. The van der Waals surface area contributed by atoms with Crippen LogP contribution in [0.25, 0.3) is 0 Å². The van der Waals surface area contributed by atoms with Gasteiger partial charge in [-0.15, -0.1) is 0 Å². The lowest BCUT2D eigenvalue weighted by Crippen LogP contribution is -2.49. The minimum Gasteiger partial charge on any atom is -0.461 e. The molecule has 8 heteroatoms. The van der Waals surface area contributed by atoms with Crippen molar-refractivity contribution in [2.45, 2.75) is 104 Å². The summed E-state index contributed by atoms with van der Waals surface area (Å²) in [6, 6.07) is 9.29. The third-order valence-electron chi connectivity index (χ3n) is 7.71. The number of esters is 2. The highest BCUT2D eigenvalue weighted by molar-refractivity contribution is 5.78. The molecular weight excluding hydrogens is 498 g/mol. The highest BCUT2D eigenvalue weighted by atomic mass is 16.6. The predicted molar refractivity (Wildman–Crippen MR) is 150 cm³/mol. The molecule has 1 aliphatic heterocycles. The van der Waals surface area contributed by atoms with Gasteiger partial charge in [-0.05, 0) is 57.9 Å². The van der Waals surface area contributed by atoms with E-state index in [1.165, 1.54) is 0 Å². The number of carbonyl (C=O) groups is 3. The summed E-state index contributed by atoms with van der Waals surface area (Å²) in [6.07, 6.45) is 1.82. The number of nitrogens with zero attached hydrogens (tertiary/aromatic N) is 1. The highest BCUT2D eigenvalue weighted by Gasteiger charge is 2.41. The van der Waals surface area contributed by atoms with Crippen molar-refractivity contribution in [2.24, 2.45) is 17.8 Å². The molecule has 2 rings (SSSR count). The molecular formula is C31H49NO7. The van der Waals surface area contributed by atoms with Gasteiger partial charge in [-0.3, -0.25) is 14.4 Å². The zero-order valence-electron chi connectivity index (χ0n) is 25.1. The maximum absolute atomic E-state index is 13.6. The summed E-state index contributed by atoms with van der Waals surface area (Å²) < 4.78 is 22.8. The van der Waals surface area contributed by atoms with Crippen molar-refractivity contribution in [3.63, 3.8) is 0 Å². The fourth-order valence-electron chi connectivity index (χ4n) is 5.41. The van der Waals surface area contributed by atoms with E-state index in [-0.39, 0.29) is 55.2 Å². The number of hydrogen-bond donors (Lipinski definition) is 0. The van der Waals surface area contributed by atoms with Crippen LogP contribution in [0.3, 0.4) is 0 Å². The smallest absolute Gasteiger partial charge is 0.311 e. The van der Waals surface area contributed by atoms with Crippen molar-refractivity contribution >= 4 is 17.8 Å². The molecule has 0 radical (unpaired) electrons. The lowest BCUT2D eigenvalue weighted by molar-refractivity contribution is -0.159. The number of amides is 1. The average molecular weight is 548 g/mol. The molecule has 0 spiro atoms. The van der Waals surface area contributed by atoms with Gasteiger partial charge in [0.15, 0.2) is 0 Å². The van der Waals surface area contributed by atoms with Crippen molar-refractivity contribution in [2.75, 3.05) is 20.8 Å². The summed E-state index contributed by atoms with van der Waals surface area (Å²) in [5, 5.41) is 0. The minimum absolute atomic E-state index is 0.0613. The molecule has 6 atom stereocenters. The van der Waals surface area contributed by atoms with E-state index in [9.17, 15) is 14.4 Å². The third kappa shape index (κ3) is 9.91. The van der Waals surface area contributed by atoms with Gasteiger partial charge in [-0.25, -0.2) is 0 Å². The van der Waals surface area contributed by atoms with Crippen LogP contribution in [0.5, 0.6) is 0 Å². The second kappa shape index (κ2) is 15.4. The van der Waals surface area contributed by atoms with E-state index >= 15 is 0 Å². The van der Waals surface area contributed by atoms with Crippen molar-refractivity contribution in [1.82, 2.24) is 4.90 Å². The summed E-state index contributed by atoms with van der Waals surface area (Å²) in [7, 11) is 3.16. The van der Waals surface area contributed by atoms with Crippen molar-refractivity contribution < 1.29 is 33.3 Å². The van der Waals surface area contributed by atoms with E-state index in [0.29, 0.717) is 6.54 Å². The monoisotopic (exact) mass is 547 g/mol. The van der Waals surface area contributed by atoms with Crippen LogP contribution in [0.15, 0.2) is 30.3 Å². The first-order valence-electron chi connectivity index (χ1n) is 14.2. The van der Waals surface area contributed by atoms with Crippen LogP contribution in [-0.4, -0.2) is 67.4 Å². The largest absolute Gasteiger partial charge is 0.461 e. The van der Waals surface area contributed by atoms with E-state index in [2.05, 4.69) is 13.8 Å². The summed E-state index contributed by atoms with van der Waals surface area (Å²) >= 11 is 0. The average Bonchev–Trinajstić information content (AvgIpc) is 3.38. The van der Waals surface area contributed by atoms with Crippen LogP contribution in [0.1, 0.15) is 79.2 Å². The fraction of sp³-hybridized carbons (Fsp3) is 0.710. The third-order valence-corrected chi connectivity index (χ3v) is 7.71. The predicted octanol–water partition coefficient (Wildman–Crippen LogP) is 5.17. The first-order chi connectivity index (χ1) is 18.4. The lowest BCUT2D eigenvalue weighted by Gasteiger charge is -2.35. The number of hydrogen-bond acceptors (Lipinski definition) is 7. The zero-order chi connectivity index (χ0) is 29.2. The number of likely N-dealkylation sites (tertiary alicyclic amines) is 1. The Kier molecular flexibility index (Phi) is 12.9. The first-order valence-corrected chi connectivity index (χ1v) is 14.2. The maximum Gasteiger partial charge on any atom is 0.311 e. The molecule has 1 amide bonds. The number of methoxy groups -OCH3 is 2. The minimum atomic E-state index is -0.577. The SMILES string of the molecule is CC[C@H](C)[C@H](CC(=O)OC(C)(C)C)[C@@H](CC(=O)N1CCC[C@H]1[C@H](OC)[C@@H](C)C(=O)OCc1ccccc1)OC. The Morgan fingerprint density at radius 3 is 2.26 bits per heavy atom. The molecule has 0 N–H and O–H groups in total. The van der Waals surface area contributed by atoms with Gasteiger partial charge in [-0.1, -0.05) is 50.6 Å². The normalized spacial score (nSPS) is 19.6. The highest BCUT2D eigenvalue weighted by Crippen LogP contribution is 2.31. The molecule has 39 heavy (non-hydrogen) atoms. The van der Waals surface area contributed by atoms with Gasteiger partial charge in [0.2, 0.25) is 5.91 Å². The summed E-state index contributed by atoms with van der Waals surface area (Å²) in [6.45, 7) is 12.3. The Balaban J connectivity index is 2.09. The summed E-state index contributed by atoms with van der Waals surface area (Å²) in [4.78, 5) is 41.0. The summed E-state index contributed by atoms with van der Waals surface area (Å²) in [5.41, 5.74) is 0.337. The van der Waals surface area contributed by atoms with E-state index in [1.807, 2.05) is 56.0 Å². The van der Waals surface area contributed by atoms with Crippen molar-refractivity contribution in [1.29, 1.82) is 0 Å². The number of carbonyl (C=O) groups excluding carboxylic acids is 3. The van der Waals surface area contributed by atoms with E-state index in [0.717, 1.165) is 24.8 Å². The molecule has 0 aromatic heterocycles. The molecule has 1 aromatic rings. The maximum atomic E-state index is 13.6. The molecule has 1 saturated heterocycles. The van der Waals surface area contributed by atoms with Gasteiger partial charge >= 0.3 is 11.9 Å². The molecule has 220 valence electrons. The van der Waals surface area contributed by atoms with Gasteiger partial charge in [0.25, 0.3) is 0 Å². The molecule has 1 aromatic carbocycles.